The van der Waals surface area contributed by atoms with E-state index in [-0.39, 0.29) is 16.7 Å². The highest BCUT2D eigenvalue weighted by molar-refractivity contribution is 9.10. The fourth-order valence-electron chi connectivity index (χ4n) is 3.68. The van der Waals surface area contributed by atoms with Gasteiger partial charge >= 0.3 is 11.9 Å². The van der Waals surface area contributed by atoms with Crippen LogP contribution in [-0.2, 0) is 19.1 Å². The number of hydrogen-bond acceptors (Lipinski definition) is 8. The summed E-state index contributed by atoms with van der Waals surface area (Å²) in [5.41, 5.74) is 1.87. The molecule has 0 bridgehead atoms. The van der Waals surface area contributed by atoms with Crippen molar-refractivity contribution in [1.82, 2.24) is 9.97 Å². The number of benzene rings is 2. The number of pyridine rings is 2. The number of rotatable bonds is 8. The Kier molecular flexibility index (Phi) is 10.1. The lowest BCUT2D eigenvalue weighted by molar-refractivity contribution is -0.143. The van der Waals surface area contributed by atoms with Crippen LogP contribution < -0.4 is 0 Å². The van der Waals surface area contributed by atoms with Crippen molar-refractivity contribution in [3.8, 4) is 0 Å². The lowest BCUT2D eigenvalue weighted by Gasteiger charge is -2.14. The van der Waals surface area contributed by atoms with Crippen LogP contribution in [0.2, 0.25) is 0 Å². The van der Waals surface area contributed by atoms with Gasteiger partial charge in [0, 0.05) is 41.9 Å². The molecule has 2 heterocycles. The summed E-state index contributed by atoms with van der Waals surface area (Å²) in [6, 6.07) is 15.8. The molecule has 1 fully saturated rings. The van der Waals surface area contributed by atoms with E-state index in [1.165, 1.54) is 11.8 Å². The average molecular weight is 678 g/mol. The summed E-state index contributed by atoms with van der Waals surface area (Å²) in [4.78, 5) is 34.2. The molecule has 1 saturated carbocycles. The van der Waals surface area contributed by atoms with Crippen molar-refractivity contribution in [1.29, 1.82) is 0 Å². The summed E-state index contributed by atoms with van der Waals surface area (Å²) in [7, 11) is 0. The Morgan fingerprint density at radius 3 is 1.95 bits per heavy atom. The summed E-state index contributed by atoms with van der Waals surface area (Å²) in [5.74, 6) is 0.0341. The van der Waals surface area contributed by atoms with Gasteiger partial charge in [-0.3, -0.25) is 19.6 Å². The minimum atomic E-state index is -0.382. The number of fused-ring (bicyclic) bond motifs is 2. The zero-order valence-corrected chi connectivity index (χ0v) is 25.7. The molecule has 0 amide bonds. The van der Waals surface area contributed by atoms with Crippen LogP contribution in [0.3, 0.4) is 0 Å². The van der Waals surface area contributed by atoms with Gasteiger partial charge in [0.2, 0.25) is 0 Å². The Hall–Kier alpha value is -2.14. The molecule has 0 N–H and O–H groups in total. The average Bonchev–Trinajstić information content (AvgIpc) is 3.69. The van der Waals surface area contributed by atoms with E-state index in [0.717, 1.165) is 53.4 Å². The van der Waals surface area contributed by atoms with Crippen LogP contribution in [0.15, 0.2) is 79.7 Å². The molecule has 0 unspecified atom stereocenters. The van der Waals surface area contributed by atoms with Gasteiger partial charge in [0.05, 0.1) is 30.0 Å². The summed E-state index contributed by atoms with van der Waals surface area (Å²) in [5, 5.41) is 2.11. The molecule has 1 aliphatic rings. The molecule has 198 valence electrons. The standard InChI is InChI=1S/C15H14BrNO2S.C13H12BrNO2S/c1-2-19-14(18)15(6-7-15)20-13-5-8-17-12-4-3-10(16)9-11(12)13;1-2-17-13(16)8-18-12-5-6-15-11-4-3-9(14)7-10(11)12/h3-5,8-9H,2,6-7H2,1H3;3-7H,2,8H2,1H3. The zero-order valence-electron chi connectivity index (χ0n) is 20.9. The molecule has 5 rings (SSSR count). The highest BCUT2D eigenvalue weighted by Crippen LogP contribution is 2.53. The molecule has 38 heavy (non-hydrogen) atoms. The van der Waals surface area contributed by atoms with Gasteiger partial charge in [-0.1, -0.05) is 31.9 Å². The molecule has 6 nitrogen and oxygen atoms in total. The van der Waals surface area contributed by atoms with Crippen LogP contribution in [0, 0.1) is 0 Å². The van der Waals surface area contributed by atoms with E-state index in [0.29, 0.717) is 19.0 Å². The smallest absolute Gasteiger partial charge is 0.322 e. The maximum Gasteiger partial charge on any atom is 0.322 e. The van der Waals surface area contributed by atoms with Gasteiger partial charge in [-0.05, 0) is 75.2 Å². The highest BCUT2D eigenvalue weighted by Gasteiger charge is 2.52. The van der Waals surface area contributed by atoms with Crippen molar-refractivity contribution in [3.63, 3.8) is 0 Å². The van der Waals surface area contributed by atoms with Gasteiger partial charge in [-0.2, -0.15) is 0 Å². The van der Waals surface area contributed by atoms with Crippen molar-refractivity contribution in [3.05, 3.63) is 69.9 Å². The largest absolute Gasteiger partial charge is 0.465 e. The van der Waals surface area contributed by atoms with Gasteiger partial charge in [0.1, 0.15) is 4.75 Å². The number of ether oxygens (including phenoxy) is 2. The first-order chi connectivity index (χ1) is 18.3. The third-order valence-electron chi connectivity index (χ3n) is 5.63. The third-order valence-corrected chi connectivity index (χ3v) is 9.21. The van der Waals surface area contributed by atoms with Crippen molar-refractivity contribution in [2.24, 2.45) is 0 Å². The first-order valence-corrected chi connectivity index (χ1v) is 15.5. The predicted octanol–water partition coefficient (Wildman–Crippen LogP) is 7.84. The molecular formula is C28H26Br2N2O4S2. The van der Waals surface area contributed by atoms with Crippen LogP contribution in [0.5, 0.6) is 0 Å². The van der Waals surface area contributed by atoms with Gasteiger partial charge in [0.15, 0.2) is 0 Å². The second kappa shape index (κ2) is 13.3. The second-order valence-electron chi connectivity index (χ2n) is 8.35. The van der Waals surface area contributed by atoms with Crippen LogP contribution in [-0.4, -0.2) is 45.6 Å². The van der Waals surface area contributed by atoms with E-state index in [1.807, 2.05) is 62.4 Å². The summed E-state index contributed by atoms with van der Waals surface area (Å²) < 4.78 is 11.7. The minimum absolute atomic E-state index is 0.0926. The van der Waals surface area contributed by atoms with Gasteiger partial charge in [-0.25, -0.2) is 0 Å². The fraction of sp³-hybridized carbons (Fsp3) is 0.286. The Bertz CT molecular complexity index is 1460. The summed E-state index contributed by atoms with van der Waals surface area (Å²) in [6.07, 6.45) is 5.31. The van der Waals surface area contributed by atoms with Gasteiger partial charge < -0.3 is 9.47 Å². The Morgan fingerprint density at radius 2 is 1.39 bits per heavy atom. The van der Waals surface area contributed by atoms with Crippen molar-refractivity contribution < 1.29 is 19.1 Å². The molecule has 0 atom stereocenters. The lowest BCUT2D eigenvalue weighted by Crippen LogP contribution is -2.21. The number of nitrogens with zero attached hydrogens (tertiary/aromatic N) is 2. The number of carbonyl (C=O) groups is 2. The quantitative estimate of drug-likeness (QED) is 0.138. The molecule has 0 spiro atoms. The lowest BCUT2D eigenvalue weighted by atomic mass is 10.2. The fourth-order valence-corrected chi connectivity index (χ4v) is 6.50. The van der Waals surface area contributed by atoms with Crippen LogP contribution in [0.1, 0.15) is 26.7 Å². The molecule has 4 aromatic rings. The topological polar surface area (TPSA) is 78.4 Å². The Labute approximate surface area is 246 Å². The first kappa shape index (κ1) is 28.9. The molecule has 2 aromatic carbocycles. The zero-order chi connectivity index (χ0) is 27.1. The maximum atomic E-state index is 12.1. The monoisotopic (exact) mass is 676 g/mol. The van der Waals surface area contributed by atoms with E-state index in [1.54, 1.807) is 24.2 Å². The maximum absolute atomic E-state index is 12.1. The number of hydrogen-bond donors (Lipinski definition) is 0. The SMILES string of the molecule is CCOC(=O)C1(Sc2ccnc3ccc(Br)cc23)CC1.CCOC(=O)CSc1ccnc2ccc(Br)cc12. The van der Waals surface area contributed by atoms with Crippen molar-refractivity contribution >= 4 is 89.1 Å². The number of thioether (sulfide) groups is 2. The van der Waals surface area contributed by atoms with Crippen molar-refractivity contribution in [2.45, 2.75) is 41.2 Å². The van der Waals surface area contributed by atoms with Crippen LogP contribution >= 0.6 is 55.4 Å². The molecule has 0 aliphatic heterocycles. The number of esters is 2. The van der Waals surface area contributed by atoms with Gasteiger partial charge in [0.25, 0.3) is 0 Å². The van der Waals surface area contributed by atoms with Crippen molar-refractivity contribution in [2.75, 3.05) is 19.0 Å². The van der Waals surface area contributed by atoms with E-state index in [9.17, 15) is 9.59 Å². The van der Waals surface area contributed by atoms with E-state index in [2.05, 4.69) is 41.8 Å². The number of carbonyl (C=O) groups excluding carboxylic acids is 2. The Balaban J connectivity index is 0.000000178. The predicted molar refractivity (Wildman–Crippen MR) is 161 cm³/mol. The number of aromatic nitrogens is 2. The van der Waals surface area contributed by atoms with E-state index in [4.69, 9.17) is 9.47 Å². The summed E-state index contributed by atoms with van der Waals surface area (Å²) >= 11 is 10.0. The van der Waals surface area contributed by atoms with Gasteiger partial charge in [-0.15, -0.1) is 23.5 Å². The number of halogens is 2. The van der Waals surface area contributed by atoms with E-state index < -0.39 is 0 Å². The molecule has 1 aliphatic carbocycles. The first-order valence-electron chi connectivity index (χ1n) is 12.1. The molecule has 0 saturated heterocycles. The van der Waals surface area contributed by atoms with Crippen LogP contribution in [0.4, 0.5) is 0 Å². The Morgan fingerprint density at radius 1 is 0.842 bits per heavy atom. The van der Waals surface area contributed by atoms with Crippen LogP contribution in [0.25, 0.3) is 21.8 Å². The highest BCUT2D eigenvalue weighted by atomic mass is 79.9. The molecular weight excluding hydrogens is 652 g/mol. The molecule has 10 heteroatoms. The molecule has 2 aromatic heterocycles. The van der Waals surface area contributed by atoms with E-state index >= 15 is 0 Å². The normalized spacial score (nSPS) is 13.5. The second-order valence-corrected chi connectivity index (χ2v) is 12.6. The third kappa shape index (κ3) is 7.28. The minimum Gasteiger partial charge on any atom is -0.465 e. The molecule has 0 radical (unpaired) electrons. The summed E-state index contributed by atoms with van der Waals surface area (Å²) in [6.45, 7) is 4.50.